The number of amides is 1. The molecule has 0 saturated heterocycles. The molecule has 0 bridgehead atoms. The topological polar surface area (TPSA) is 209 Å². The number of unbranched alkanes of at least 4 members (excludes halogenated alkanes) is 1. The fourth-order valence-electron chi connectivity index (χ4n) is 3.85. The number of nitrogens with zero attached hydrogens (tertiary/aromatic N) is 7. The van der Waals surface area contributed by atoms with Crippen molar-refractivity contribution in [3.63, 3.8) is 0 Å². The Bertz CT molecular complexity index is 1630. The number of carboxylic acids is 1. The van der Waals surface area contributed by atoms with Crippen LogP contribution in [0.5, 0.6) is 0 Å². The van der Waals surface area contributed by atoms with Crippen molar-refractivity contribution in [1.82, 2.24) is 14.8 Å². The number of carboxylic acid groups (broad SMARTS) is 1. The summed E-state index contributed by atoms with van der Waals surface area (Å²) in [7, 11) is -4.37. The first kappa shape index (κ1) is 41.2. The number of anilines is 2. The molecular weight excluding hydrogens is 689 g/mol. The summed E-state index contributed by atoms with van der Waals surface area (Å²) < 4.78 is 34.1. The number of nitriles is 1. The Morgan fingerprint density at radius 2 is 1.75 bits per heavy atom. The van der Waals surface area contributed by atoms with Gasteiger partial charge in [0.25, 0.3) is 0 Å². The smallest absolute Gasteiger partial charge is 0.748 e. The molecule has 3 aromatic rings. The minimum Gasteiger partial charge on any atom is -0.748 e. The number of aromatic nitrogens is 3. The molecule has 0 atom stereocenters. The molecule has 0 aliphatic rings. The standard InChI is InChI=1S/C25H26Cl2N8O6S.2K/c1-16(36)31-22-11-18(34(9-4-5-23(37)38)8-2-3-10-42(39,40)41)6-7-21(22)32-33-25-17(12-28)13-30-35(25)24-19(26)14-29-15-20(24)27;;/h6-7,11,13-15H,2-5,8-10H2,1H3,(H,31,36)(H,37,38)(H,39,40,41);;/q;2*+1/p-2. The predicted molar refractivity (Wildman–Crippen MR) is 151 cm³/mol. The van der Waals surface area contributed by atoms with Crippen LogP contribution in [0.15, 0.2) is 47.0 Å². The van der Waals surface area contributed by atoms with Gasteiger partial charge in [0.15, 0.2) is 5.82 Å². The molecular formula is C25H24Cl2K2N8O6S. The van der Waals surface area contributed by atoms with Gasteiger partial charge in [-0.3, -0.25) is 9.78 Å². The largest absolute Gasteiger partial charge is 1.00 e. The van der Waals surface area contributed by atoms with Gasteiger partial charge in [-0.05, 0) is 43.9 Å². The Morgan fingerprint density at radius 1 is 1.09 bits per heavy atom. The zero-order valence-corrected chi connectivity index (χ0v) is 32.7. The van der Waals surface area contributed by atoms with E-state index in [9.17, 15) is 32.9 Å². The molecule has 0 unspecified atom stereocenters. The van der Waals surface area contributed by atoms with Crippen LogP contribution in [0.25, 0.3) is 5.69 Å². The molecule has 2 aromatic heterocycles. The van der Waals surface area contributed by atoms with E-state index in [1.807, 2.05) is 6.07 Å². The number of benzene rings is 1. The van der Waals surface area contributed by atoms with Gasteiger partial charge in [-0.25, -0.2) is 13.1 Å². The number of hydrogen-bond donors (Lipinski definition) is 1. The van der Waals surface area contributed by atoms with Gasteiger partial charge in [-0.1, -0.05) is 23.2 Å². The Morgan fingerprint density at radius 3 is 2.34 bits per heavy atom. The number of hydrogen-bond acceptors (Lipinski definition) is 12. The molecule has 1 aromatic carbocycles. The van der Waals surface area contributed by atoms with Crippen LogP contribution in [0, 0.1) is 11.3 Å². The van der Waals surface area contributed by atoms with E-state index >= 15 is 0 Å². The minimum absolute atomic E-state index is 0. The number of halogens is 2. The van der Waals surface area contributed by atoms with Crippen LogP contribution in [0.4, 0.5) is 22.9 Å². The quantitative estimate of drug-likeness (QED) is 0.0803. The van der Waals surface area contributed by atoms with E-state index < -0.39 is 27.7 Å². The van der Waals surface area contributed by atoms with Gasteiger partial charge in [0.05, 0.1) is 32.0 Å². The first-order chi connectivity index (χ1) is 19.9. The summed E-state index contributed by atoms with van der Waals surface area (Å²) in [6.07, 6.45) is 4.46. The van der Waals surface area contributed by atoms with Crippen LogP contribution in [0.3, 0.4) is 0 Å². The average Bonchev–Trinajstić information content (AvgIpc) is 3.30. The fraction of sp³-hybridized carbons (Fsp3) is 0.320. The average molecular weight is 714 g/mol. The zero-order valence-electron chi connectivity index (χ0n) is 24.2. The van der Waals surface area contributed by atoms with E-state index in [1.54, 1.807) is 23.1 Å². The summed E-state index contributed by atoms with van der Waals surface area (Å²) in [5, 5.41) is 36.1. The third-order valence-electron chi connectivity index (χ3n) is 5.69. The minimum atomic E-state index is -4.37. The van der Waals surface area contributed by atoms with Crippen LogP contribution >= 0.6 is 23.2 Å². The molecule has 14 nitrogen and oxygen atoms in total. The van der Waals surface area contributed by atoms with Gasteiger partial charge in [0.1, 0.15) is 23.0 Å². The molecule has 0 aliphatic carbocycles. The second-order valence-electron chi connectivity index (χ2n) is 8.87. The molecule has 0 radical (unpaired) electrons. The number of azo groups is 1. The first-order valence-corrected chi connectivity index (χ1v) is 14.7. The molecule has 2 heterocycles. The number of carbonyl (C=O) groups is 2. The number of pyridine rings is 1. The monoisotopic (exact) mass is 712 g/mol. The summed E-state index contributed by atoms with van der Waals surface area (Å²) >= 11 is 12.5. The third-order valence-corrected chi connectivity index (χ3v) is 7.04. The van der Waals surface area contributed by atoms with E-state index in [4.69, 9.17) is 23.2 Å². The maximum Gasteiger partial charge on any atom is 1.00 e. The second-order valence-corrected chi connectivity index (χ2v) is 11.2. The molecule has 3 rings (SSSR count). The first-order valence-electron chi connectivity index (χ1n) is 12.4. The van der Waals surface area contributed by atoms with Crippen LogP contribution < -0.4 is 118 Å². The SMILES string of the molecule is CC(=O)Nc1cc(N(CCCCS(=O)(=O)[O-])CCCC(=O)[O-])ccc1N=Nc1c(C#N)cnn1-c1c(Cl)cncc1Cl.[K+].[K+]. The molecule has 0 saturated carbocycles. The van der Waals surface area contributed by atoms with E-state index in [1.165, 1.54) is 30.2 Å². The van der Waals surface area contributed by atoms with Crippen molar-refractivity contribution >= 4 is 68.1 Å². The Labute approximate surface area is 349 Å². The molecule has 0 aliphatic heterocycles. The maximum atomic E-state index is 12.0. The molecule has 19 heteroatoms. The summed E-state index contributed by atoms with van der Waals surface area (Å²) in [5.41, 5.74) is 1.34. The van der Waals surface area contributed by atoms with Crippen LogP contribution in [0.2, 0.25) is 10.0 Å². The fourth-order valence-corrected chi connectivity index (χ4v) is 4.93. The molecule has 44 heavy (non-hydrogen) atoms. The zero-order chi connectivity index (χ0) is 30.9. The summed E-state index contributed by atoms with van der Waals surface area (Å²) in [6.45, 7) is 1.88. The van der Waals surface area contributed by atoms with Crippen LogP contribution in [0.1, 0.15) is 38.2 Å². The Kier molecular flexibility index (Phi) is 18.5. The van der Waals surface area contributed by atoms with Crippen molar-refractivity contribution in [1.29, 1.82) is 5.26 Å². The maximum absolute atomic E-state index is 12.0. The molecule has 0 spiro atoms. The normalized spacial score (nSPS) is 10.9. The molecule has 222 valence electrons. The van der Waals surface area contributed by atoms with E-state index in [0.717, 1.165) is 0 Å². The van der Waals surface area contributed by atoms with Crippen molar-refractivity contribution in [2.45, 2.75) is 32.6 Å². The van der Waals surface area contributed by atoms with Gasteiger partial charge in [0.2, 0.25) is 5.91 Å². The van der Waals surface area contributed by atoms with Crippen molar-refractivity contribution < 1.29 is 130 Å². The Balaban J connectivity index is 0.00000484. The Hall–Kier alpha value is -0.827. The van der Waals surface area contributed by atoms with Gasteiger partial charge in [-0.15, -0.1) is 10.2 Å². The van der Waals surface area contributed by atoms with Crippen molar-refractivity contribution in [2.24, 2.45) is 10.2 Å². The van der Waals surface area contributed by atoms with E-state index in [-0.39, 0.29) is 167 Å². The van der Waals surface area contributed by atoms with Gasteiger partial charge in [0, 0.05) is 49.8 Å². The van der Waals surface area contributed by atoms with Gasteiger partial charge >= 0.3 is 103 Å². The van der Waals surface area contributed by atoms with Crippen molar-refractivity contribution in [3.8, 4) is 11.8 Å². The number of rotatable bonds is 14. The number of nitrogens with one attached hydrogen (secondary N) is 1. The van der Waals surface area contributed by atoms with Gasteiger partial charge < -0.3 is 24.7 Å². The predicted octanol–water partition coefficient (Wildman–Crippen LogP) is -2.51. The van der Waals surface area contributed by atoms with E-state index in [0.29, 0.717) is 18.7 Å². The summed E-state index contributed by atoms with van der Waals surface area (Å²) in [5.74, 6) is -2.13. The van der Waals surface area contributed by atoms with Gasteiger partial charge in [-0.2, -0.15) is 10.4 Å². The summed E-state index contributed by atoms with van der Waals surface area (Å²) in [6, 6.07) is 6.78. The number of carbonyl (C=O) groups excluding carboxylic acids is 2. The molecule has 1 amide bonds. The number of aliphatic carboxylic acids is 1. The summed E-state index contributed by atoms with van der Waals surface area (Å²) in [4.78, 5) is 28.6. The van der Waals surface area contributed by atoms with E-state index in [2.05, 4.69) is 25.6 Å². The third kappa shape index (κ3) is 12.8. The van der Waals surface area contributed by atoms with Crippen molar-refractivity contribution in [2.75, 3.05) is 29.1 Å². The van der Waals surface area contributed by atoms with Crippen LogP contribution in [-0.4, -0.2) is 58.5 Å². The van der Waals surface area contributed by atoms with Crippen LogP contribution in [-0.2, 0) is 19.7 Å². The second kappa shape index (κ2) is 19.7. The van der Waals surface area contributed by atoms with Crippen molar-refractivity contribution in [3.05, 3.63) is 52.4 Å². The molecule has 1 N–H and O–H groups in total. The molecule has 0 fully saturated rings.